The number of carbonyl (C=O) groups excluding carboxylic acids is 1. The average Bonchev–Trinajstić information content (AvgIpc) is 2.45. The van der Waals surface area contributed by atoms with E-state index in [9.17, 15) is 4.79 Å². The van der Waals surface area contributed by atoms with Crippen molar-refractivity contribution in [3.63, 3.8) is 0 Å². The number of carbonyl (C=O) groups is 1. The Balaban J connectivity index is 3.41. The smallest absolute Gasteiger partial charge is 0.305 e. The summed E-state index contributed by atoms with van der Waals surface area (Å²) in [6, 6.07) is 0. The van der Waals surface area contributed by atoms with Crippen LogP contribution in [0.5, 0.6) is 0 Å². The molecule has 0 rings (SSSR count). The highest BCUT2D eigenvalue weighted by molar-refractivity contribution is 5.68. The first-order chi connectivity index (χ1) is 10.0. The molecule has 0 saturated heterocycles. The van der Waals surface area contributed by atoms with E-state index in [1.807, 2.05) is 0 Å². The van der Waals surface area contributed by atoms with Crippen molar-refractivity contribution in [2.45, 2.75) is 104 Å². The molecule has 0 atom stereocenters. The van der Waals surface area contributed by atoms with Crippen molar-refractivity contribution >= 4 is 5.97 Å². The molecule has 0 aliphatic heterocycles. The standard InChI is InChI=1S/C19H38O2/c1-5-6-7-10-13-16-19(2,3)17-14-11-8-9-12-15-18(20)21-4/h5-17H2,1-4H3. The zero-order valence-electron chi connectivity index (χ0n) is 15.0. The van der Waals surface area contributed by atoms with Crippen LogP contribution < -0.4 is 0 Å². The van der Waals surface area contributed by atoms with Gasteiger partial charge in [-0.2, -0.15) is 0 Å². The maximum Gasteiger partial charge on any atom is 0.305 e. The van der Waals surface area contributed by atoms with Crippen LogP contribution in [0.4, 0.5) is 0 Å². The highest BCUT2D eigenvalue weighted by Crippen LogP contribution is 2.30. The fourth-order valence-corrected chi connectivity index (χ4v) is 2.84. The topological polar surface area (TPSA) is 26.3 Å². The first-order valence-corrected chi connectivity index (χ1v) is 9.08. The lowest BCUT2D eigenvalue weighted by Crippen LogP contribution is -2.11. The summed E-state index contributed by atoms with van der Waals surface area (Å²) in [6.45, 7) is 7.11. The molecule has 126 valence electrons. The molecular formula is C19H38O2. The van der Waals surface area contributed by atoms with Gasteiger partial charge in [-0.3, -0.25) is 4.79 Å². The molecule has 21 heavy (non-hydrogen) atoms. The van der Waals surface area contributed by atoms with Crippen LogP contribution in [0.1, 0.15) is 104 Å². The summed E-state index contributed by atoms with van der Waals surface area (Å²) >= 11 is 0. The fraction of sp³-hybridized carbons (Fsp3) is 0.947. The largest absolute Gasteiger partial charge is 0.469 e. The van der Waals surface area contributed by atoms with E-state index in [0.717, 1.165) is 12.8 Å². The SMILES string of the molecule is CCCCCCCC(C)(C)CCCCCCCC(=O)OC. The number of hydrogen-bond donors (Lipinski definition) is 0. The number of unbranched alkanes of at least 4 members (excludes halogenated alkanes) is 8. The molecular weight excluding hydrogens is 260 g/mol. The third-order valence-electron chi connectivity index (χ3n) is 4.42. The Labute approximate surface area is 133 Å². The van der Waals surface area contributed by atoms with Crippen LogP contribution >= 0.6 is 0 Å². The lowest BCUT2D eigenvalue weighted by atomic mass is 9.82. The van der Waals surface area contributed by atoms with Gasteiger partial charge in [0.1, 0.15) is 0 Å². The summed E-state index contributed by atoms with van der Waals surface area (Å²) in [5, 5.41) is 0. The van der Waals surface area contributed by atoms with Gasteiger partial charge in [0.2, 0.25) is 0 Å². The van der Waals surface area contributed by atoms with Crippen molar-refractivity contribution in [1.29, 1.82) is 0 Å². The predicted molar refractivity (Wildman–Crippen MR) is 91.5 cm³/mol. The maximum atomic E-state index is 11.0. The van der Waals surface area contributed by atoms with Gasteiger partial charge in [0.05, 0.1) is 7.11 Å². The van der Waals surface area contributed by atoms with E-state index < -0.39 is 0 Å². The van der Waals surface area contributed by atoms with Crippen molar-refractivity contribution < 1.29 is 9.53 Å². The van der Waals surface area contributed by atoms with Crippen LogP contribution in [0.15, 0.2) is 0 Å². The zero-order valence-corrected chi connectivity index (χ0v) is 15.0. The lowest BCUT2D eigenvalue weighted by molar-refractivity contribution is -0.140. The van der Waals surface area contributed by atoms with E-state index in [4.69, 9.17) is 0 Å². The van der Waals surface area contributed by atoms with Gasteiger partial charge in [0.15, 0.2) is 0 Å². The van der Waals surface area contributed by atoms with E-state index >= 15 is 0 Å². The average molecular weight is 299 g/mol. The van der Waals surface area contributed by atoms with Gasteiger partial charge in [0, 0.05) is 6.42 Å². The molecule has 0 aromatic carbocycles. The van der Waals surface area contributed by atoms with Crippen LogP contribution in [0.3, 0.4) is 0 Å². The Bertz CT molecular complexity index is 246. The minimum Gasteiger partial charge on any atom is -0.469 e. The molecule has 0 spiro atoms. The van der Waals surface area contributed by atoms with Crippen molar-refractivity contribution in [2.24, 2.45) is 5.41 Å². The van der Waals surface area contributed by atoms with Crippen LogP contribution in [0.2, 0.25) is 0 Å². The van der Waals surface area contributed by atoms with Crippen molar-refractivity contribution in [3.05, 3.63) is 0 Å². The van der Waals surface area contributed by atoms with E-state index in [1.54, 1.807) is 0 Å². The third kappa shape index (κ3) is 14.2. The summed E-state index contributed by atoms with van der Waals surface area (Å²) in [6.07, 6.45) is 16.3. The summed E-state index contributed by atoms with van der Waals surface area (Å²) in [5.74, 6) is -0.0702. The molecule has 0 saturated carbocycles. The van der Waals surface area contributed by atoms with Crippen molar-refractivity contribution in [1.82, 2.24) is 0 Å². The second-order valence-electron chi connectivity index (χ2n) is 7.17. The number of methoxy groups -OCH3 is 1. The predicted octanol–water partition coefficient (Wildman–Crippen LogP) is 6.28. The number of ether oxygens (including phenoxy) is 1. The molecule has 0 heterocycles. The van der Waals surface area contributed by atoms with E-state index in [2.05, 4.69) is 25.5 Å². The monoisotopic (exact) mass is 298 g/mol. The van der Waals surface area contributed by atoms with Gasteiger partial charge < -0.3 is 4.74 Å². The van der Waals surface area contributed by atoms with E-state index in [0.29, 0.717) is 11.8 Å². The Hall–Kier alpha value is -0.530. The molecule has 0 aliphatic rings. The van der Waals surface area contributed by atoms with Crippen LogP contribution in [-0.2, 0) is 9.53 Å². The maximum absolute atomic E-state index is 11.0. The molecule has 0 aromatic heterocycles. The molecule has 0 N–H and O–H groups in total. The Morgan fingerprint density at radius 3 is 1.81 bits per heavy atom. The molecule has 0 amide bonds. The minimum atomic E-state index is -0.0702. The fourth-order valence-electron chi connectivity index (χ4n) is 2.84. The summed E-state index contributed by atoms with van der Waals surface area (Å²) < 4.78 is 4.65. The second-order valence-corrected chi connectivity index (χ2v) is 7.17. The zero-order chi connectivity index (χ0) is 16.0. The summed E-state index contributed by atoms with van der Waals surface area (Å²) in [4.78, 5) is 11.0. The first kappa shape index (κ1) is 20.5. The van der Waals surface area contributed by atoms with Crippen LogP contribution in [-0.4, -0.2) is 13.1 Å². The van der Waals surface area contributed by atoms with Gasteiger partial charge in [-0.05, 0) is 24.7 Å². The van der Waals surface area contributed by atoms with E-state index in [-0.39, 0.29) is 5.97 Å². The lowest BCUT2D eigenvalue weighted by Gasteiger charge is -2.24. The van der Waals surface area contributed by atoms with Gasteiger partial charge in [-0.25, -0.2) is 0 Å². The number of rotatable bonds is 14. The summed E-state index contributed by atoms with van der Waals surface area (Å²) in [5.41, 5.74) is 0.512. The van der Waals surface area contributed by atoms with Crippen molar-refractivity contribution in [2.75, 3.05) is 7.11 Å². The Kier molecular flexibility index (Phi) is 12.8. The second kappa shape index (κ2) is 13.2. The van der Waals surface area contributed by atoms with Gasteiger partial charge in [-0.1, -0.05) is 78.6 Å². The highest BCUT2D eigenvalue weighted by Gasteiger charge is 2.16. The molecule has 2 nitrogen and oxygen atoms in total. The highest BCUT2D eigenvalue weighted by atomic mass is 16.5. The normalized spacial score (nSPS) is 11.6. The molecule has 0 fully saturated rings. The van der Waals surface area contributed by atoms with Gasteiger partial charge >= 0.3 is 5.97 Å². The minimum absolute atomic E-state index is 0.0702. The number of esters is 1. The molecule has 0 unspecified atom stereocenters. The van der Waals surface area contributed by atoms with Crippen LogP contribution in [0.25, 0.3) is 0 Å². The molecule has 0 aromatic rings. The molecule has 0 bridgehead atoms. The van der Waals surface area contributed by atoms with Gasteiger partial charge in [0.25, 0.3) is 0 Å². The Morgan fingerprint density at radius 2 is 1.29 bits per heavy atom. The molecule has 2 heteroatoms. The molecule has 0 aliphatic carbocycles. The van der Waals surface area contributed by atoms with Crippen LogP contribution in [0, 0.1) is 5.41 Å². The van der Waals surface area contributed by atoms with Crippen molar-refractivity contribution in [3.8, 4) is 0 Å². The molecule has 0 radical (unpaired) electrons. The number of hydrogen-bond acceptors (Lipinski definition) is 2. The van der Waals surface area contributed by atoms with Gasteiger partial charge in [-0.15, -0.1) is 0 Å². The Morgan fingerprint density at radius 1 is 0.810 bits per heavy atom. The summed E-state index contributed by atoms with van der Waals surface area (Å²) in [7, 11) is 1.46. The van der Waals surface area contributed by atoms with E-state index in [1.165, 1.54) is 71.3 Å². The quantitative estimate of drug-likeness (QED) is 0.279. The first-order valence-electron chi connectivity index (χ1n) is 9.08. The third-order valence-corrected chi connectivity index (χ3v) is 4.42.